The van der Waals surface area contributed by atoms with Gasteiger partial charge in [-0.1, -0.05) is 20.8 Å². The monoisotopic (exact) mass is 222 g/mol. The van der Waals surface area contributed by atoms with Gasteiger partial charge in [-0.25, -0.2) is 0 Å². The average molecular weight is 222 g/mol. The highest BCUT2D eigenvalue weighted by molar-refractivity contribution is 5.09. The second kappa shape index (κ2) is 7.50. The van der Waals surface area contributed by atoms with Gasteiger partial charge in [0.1, 0.15) is 0 Å². The third-order valence-electron chi connectivity index (χ3n) is 2.76. The third kappa shape index (κ3) is 5.36. The standard InChI is InChI=1S/C14H26N2/c1-4-9-16-10-7-14(12-16)11-15-8-5-6-13(2)3/h7,10,12-13,15H,4-6,8-9,11H2,1-3H3. The lowest BCUT2D eigenvalue weighted by Crippen LogP contribution is -2.14. The second-order valence-electron chi connectivity index (χ2n) is 4.97. The van der Waals surface area contributed by atoms with Crippen molar-refractivity contribution < 1.29 is 0 Å². The summed E-state index contributed by atoms with van der Waals surface area (Å²) in [5.41, 5.74) is 1.40. The van der Waals surface area contributed by atoms with Gasteiger partial charge in [0, 0.05) is 25.5 Å². The van der Waals surface area contributed by atoms with Crippen molar-refractivity contribution in [2.75, 3.05) is 6.54 Å². The lowest BCUT2D eigenvalue weighted by Gasteiger charge is -2.05. The Morgan fingerprint density at radius 2 is 2.19 bits per heavy atom. The average Bonchev–Trinajstić information content (AvgIpc) is 2.65. The predicted octanol–water partition coefficient (Wildman–Crippen LogP) is 3.42. The van der Waals surface area contributed by atoms with Gasteiger partial charge in [-0.15, -0.1) is 0 Å². The van der Waals surface area contributed by atoms with Crippen LogP contribution < -0.4 is 5.32 Å². The van der Waals surface area contributed by atoms with E-state index in [2.05, 4.69) is 49.1 Å². The van der Waals surface area contributed by atoms with Crippen molar-refractivity contribution in [1.29, 1.82) is 0 Å². The van der Waals surface area contributed by atoms with Crippen LogP contribution in [0.2, 0.25) is 0 Å². The molecule has 0 radical (unpaired) electrons. The van der Waals surface area contributed by atoms with E-state index in [1.54, 1.807) is 0 Å². The van der Waals surface area contributed by atoms with Crippen molar-refractivity contribution in [3.8, 4) is 0 Å². The first-order valence-electron chi connectivity index (χ1n) is 6.57. The molecule has 0 unspecified atom stereocenters. The zero-order valence-corrected chi connectivity index (χ0v) is 11.0. The van der Waals surface area contributed by atoms with Gasteiger partial charge in [-0.3, -0.25) is 0 Å². The molecule has 1 aromatic rings. The lowest BCUT2D eigenvalue weighted by atomic mass is 10.1. The van der Waals surface area contributed by atoms with Gasteiger partial charge in [0.2, 0.25) is 0 Å². The van der Waals surface area contributed by atoms with Crippen LogP contribution in [-0.4, -0.2) is 11.1 Å². The minimum absolute atomic E-state index is 0.826. The number of nitrogens with zero attached hydrogens (tertiary/aromatic N) is 1. The minimum Gasteiger partial charge on any atom is -0.354 e. The SMILES string of the molecule is CCCn1ccc(CNCCCC(C)C)c1. The number of hydrogen-bond acceptors (Lipinski definition) is 1. The summed E-state index contributed by atoms with van der Waals surface area (Å²) in [6.45, 7) is 10.1. The molecule has 0 bridgehead atoms. The zero-order chi connectivity index (χ0) is 11.8. The Hall–Kier alpha value is -0.760. The summed E-state index contributed by atoms with van der Waals surface area (Å²) in [5.74, 6) is 0.826. The van der Waals surface area contributed by atoms with E-state index in [1.807, 2.05) is 0 Å². The van der Waals surface area contributed by atoms with Gasteiger partial charge in [-0.2, -0.15) is 0 Å². The molecule has 1 N–H and O–H groups in total. The number of rotatable bonds is 8. The van der Waals surface area contributed by atoms with Crippen LogP contribution in [0.1, 0.15) is 45.6 Å². The molecular formula is C14H26N2. The molecular weight excluding hydrogens is 196 g/mol. The molecule has 1 rings (SSSR count). The van der Waals surface area contributed by atoms with Gasteiger partial charge in [0.25, 0.3) is 0 Å². The largest absolute Gasteiger partial charge is 0.354 e. The normalized spacial score (nSPS) is 11.2. The fourth-order valence-corrected chi connectivity index (χ4v) is 1.86. The summed E-state index contributed by atoms with van der Waals surface area (Å²) in [6.07, 6.45) is 8.24. The molecule has 2 nitrogen and oxygen atoms in total. The summed E-state index contributed by atoms with van der Waals surface area (Å²) < 4.78 is 2.27. The molecule has 1 heterocycles. The molecule has 0 atom stereocenters. The van der Waals surface area contributed by atoms with Gasteiger partial charge in [0.15, 0.2) is 0 Å². The Kier molecular flexibility index (Phi) is 6.24. The molecule has 2 heteroatoms. The zero-order valence-electron chi connectivity index (χ0n) is 11.0. The van der Waals surface area contributed by atoms with Crippen LogP contribution >= 0.6 is 0 Å². The van der Waals surface area contributed by atoms with E-state index in [1.165, 1.54) is 24.8 Å². The predicted molar refractivity (Wildman–Crippen MR) is 70.5 cm³/mol. The number of aryl methyl sites for hydroxylation is 1. The molecule has 0 spiro atoms. The summed E-state index contributed by atoms with van der Waals surface area (Å²) in [5, 5.41) is 3.50. The minimum atomic E-state index is 0.826. The van der Waals surface area contributed by atoms with Crippen molar-refractivity contribution in [3.63, 3.8) is 0 Å². The summed E-state index contributed by atoms with van der Waals surface area (Å²) in [4.78, 5) is 0. The van der Waals surface area contributed by atoms with Crippen LogP contribution in [0.4, 0.5) is 0 Å². The Morgan fingerprint density at radius 3 is 2.88 bits per heavy atom. The molecule has 0 aromatic carbocycles. The van der Waals surface area contributed by atoms with Gasteiger partial charge in [0.05, 0.1) is 0 Å². The molecule has 0 saturated heterocycles. The van der Waals surface area contributed by atoms with E-state index >= 15 is 0 Å². The van der Waals surface area contributed by atoms with Crippen molar-refractivity contribution >= 4 is 0 Å². The fraction of sp³-hybridized carbons (Fsp3) is 0.714. The highest BCUT2D eigenvalue weighted by Crippen LogP contribution is 2.04. The lowest BCUT2D eigenvalue weighted by molar-refractivity contribution is 0.527. The Morgan fingerprint density at radius 1 is 1.38 bits per heavy atom. The quantitative estimate of drug-likeness (QED) is 0.667. The van der Waals surface area contributed by atoms with E-state index in [4.69, 9.17) is 0 Å². The Labute approximate surface area is 100 Å². The summed E-state index contributed by atoms with van der Waals surface area (Å²) in [7, 11) is 0. The molecule has 0 aliphatic heterocycles. The van der Waals surface area contributed by atoms with E-state index in [9.17, 15) is 0 Å². The molecule has 1 aromatic heterocycles. The van der Waals surface area contributed by atoms with Crippen LogP contribution in [0, 0.1) is 5.92 Å². The van der Waals surface area contributed by atoms with Crippen LogP contribution in [0.15, 0.2) is 18.5 Å². The van der Waals surface area contributed by atoms with Gasteiger partial charge >= 0.3 is 0 Å². The van der Waals surface area contributed by atoms with E-state index < -0.39 is 0 Å². The molecule has 0 saturated carbocycles. The van der Waals surface area contributed by atoms with Crippen molar-refractivity contribution in [1.82, 2.24) is 9.88 Å². The number of nitrogens with one attached hydrogen (secondary N) is 1. The highest BCUT2D eigenvalue weighted by Gasteiger charge is 1.97. The van der Waals surface area contributed by atoms with Crippen molar-refractivity contribution in [2.24, 2.45) is 5.92 Å². The van der Waals surface area contributed by atoms with Crippen LogP contribution in [-0.2, 0) is 13.1 Å². The molecule has 0 aliphatic carbocycles. The van der Waals surface area contributed by atoms with Crippen LogP contribution in [0.25, 0.3) is 0 Å². The Bertz CT molecular complexity index is 276. The van der Waals surface area contributed by atoms with Crippen LogP contribution in [0.5, 0.6) is 0 Å². The molecule has 16 heavy (non-hydrogen) atoms. The fourth-order valence-electron chi connectivity index (χ4n) is 1.86. The maximum absolute atomic E-state index is 3.50. The van der Waals surface area contributed by atoms with Gasteiger partial charge < -0.3 is 9.88 Å². The molecule has 0 fully saturated rings. The number of hydrogen-bond donors (Lipinski definition) is 1. The van der Waals surface area contributed by atoms with E-state index in [-0.39, 0.29) is 0 Å². The third-order valence-corrected chi connectivity index (χ3v) is 2.76. The highest BCUT2D eigenvalue weighted by atomic mass is 14.9. The smallest absolute Gasteiger partial charge is 0.0220 e. The topological polar surface area (TPSA) is 17.0 Å². The first-order valence-corrected chi connectivity index (χ1v) is 6.57. The number of aromatic nitrogens is 1. The first kappa shape index (κ1) is 13.3. The Balaban J connectivity index is 2.12. The van der Waals surface area contributed by atoms with E-state index in [0.717, 1.165) is 25.6 Å². The molecule has 0 aliphatic rings. The maximum atomic E-state index is 3.50. The van der Waals surface area contributed by atoms with E-state index in [0.29, 0.717) is 0 Å². The van der Waals surface area contributed by atoms with Crippen LogP contribution in [0.3, 0.4) is 0 Å². The summed E-state index contributed by atoms with van der Waals surface area (Å²) >= 11 is 0. The van der Waals surface area contributed by atoms with Gasteiger partial charge in [-0.05, 0) is 43.4 Å². The molecule has 92 valence electrons. The van der Waals surface area contributed by atoms with Crippen molar-refractivity contribution in [3.05, 3.63) is 24.0 Å². The maximum Gasteiger partial charge on any atom is 0.0220 e. The second-order valence-corrected chi connectivity index (χ2v) is 4.97. The van der Waals surface area contributed by atoms with Crippen molar-refractivity contribution in [2.45, 2.75) is 53.1 Å². The molecule has 0 amide bonds. The first-order chi connectivity index (χ1) is 7.72. The summed E-state index contributed by atoms with van der Waals surface area (Å²) in [6, 6.07) is 2.21.